The first-order valence-corrected chi connectivity index (χ1v) is 11.7. The van der Waals surface area contributed by atoms with Gasteiger partial charge in [-0.05, 0) is 36.1 Å². The number of H-pyrrole nitrogens is 1. The van der Waals surface area contributed by atoms with Crippen LogP contribution in [0, 0.1) is 5.41 Å². The van der Waals surface area contributed by atoms with Gasteiger partial charge in [0.25, 0.3) is 0 Å². The van der Waals surface area contributed by atoms with Crippen LogP contribution >= 0.6 is 23.1 Å². The van der Waals surface area contributed by atoms with Crippen LogP contribution < -0.4 is 9.80 Å². The van der Waals surface area contributed by atoms with Crippen molar-refractivity contribution in [2.24, 2.45) is 0 Å². The van der Waals surface area contributed by atoms with Gasteiger partial charge in [-0.15, -0.1) is 11.3 Å². The topological polar surface area (TPSA) is 89.0 Å². The number of anilines is 2. The van der Waals surface area contributed by atoms with Gasteiger partial charge in [0.15, 0.2) is 10.3 Å². The number of hydrogen-bond acceptors (Lipinski definition) is 7. The number of nitrogens with one attached hydrogen (secondary N) is 2. The molecule has 1 unspecified atom stereocenters. The molecule has 1 saturated heterocycles. The molecule has 0 spiro atoms. The van der Waals surface area contributed by atoms with Gasteiger partial charge >= 0.3 is 0 Å². The van der Waals surface area contributed by atoms with Crippen LogP contribution in [0.4, 0.5) is 10.8 Å². The lowest BCUT2D eigenvalue weighted by atomic mass is 10.0. The van der Waals surface area contributed by atoms with E-state index < -0.39 is 0 Å². The lowest BCUT2D eigenvalue weighted by Crippen LogP contribution is -2.32. The highest BCUT2D eigenvalue weighted by Gasteiger charge is 2.39. The van der Waals surface area contributed by atoms with Crippen LogP contribution in [0.15, 0.2) is 42.0 Å². The van der Waals surface area contributed by atoms with Crippen molar-refractivity contribution in [3.63, 3.8) is 0 Å². The third-order valence-electron chi connectivity index (χ3n) is 5.13. The van der Waals surface area contributed by atoms with E-state index >= 15 is 0 Å². The molecule has 2 aromatic heterocycles. The van der Waals surface area contributed by atoms with Crippen molar-refractivity contribution in [1.29, 1.82) is 5.41 Å². The highest BCUT2D eigenvalue weighted by molar-refractivity contribution is 8.16. The van der Waals surface area contributed by atoms with Crippen molar-refractivity contribution in [3.8, 4) is 11.3 Å². The third kappa shape index (κ3) is 4.13. The zero-order chi connectivity index (χ0) is 21.1. The second-order valence-electron chi connectivity index (χ2n) is 7.20. The molecule has 2 N–H and O–H groups in total. The van der Waals surface area contributed by atoms with Crippen LogP contribution in [0.25, 0.3) is 11.3 Å². The molecule has 1 amide bonds. The highest BCUT2D eigenvalue weighted by atomic mass is 32.2. The van der Waals surface area contributed by atoms with Gasteiger partial charge in [-0.1, -0.05) is 37.2 Å². The van der Waals surface area contributed by atoms with E-state index in [4.69, 9.17) is 5.41 Å². The zero-order valence-corrected chi connectivity index (χ0v) is 18.6. The third-order valence-corrected chi connectivity index (χ3v) is 6.95. The number of hydrogen-bond donors (Lipinski definition) is 2. The molecule has 9 heteroatoms. The molecule has 3 aromatic rings. The Kier molecular flexibility index (Phi) is 6.19. The number of nitrogens with zero attached hydrogens (tertiary/aromatic N) is 4. The molecule has 1 aliphatic heterocycles. The van der Waals surface area contributed by atoms with E-state index in [1.54, 1.807) is 12.4 Å². The Morgan fingerprint density at radius 3 is 2.80 bits per heavy atom. The Labute approximate surface area is 184 Å². The molecule has 30 heavy (non-hydrogen) atoms. The fourth-order valence-electron chi connectivity index (χ4n) is 3.44. The molecule has 1 aromatic carbocycles. The fourth-order valence-corrected chi connectivity index (χ4v) is 5.17. The standard InChI is InChI=1S/C21H24N6OS2/c1-3-4-10-26(2)16-7-5-14(6-8-16)18-15(13-24-25-18)12-17-19(28)27(20(22)30-17)21-23-9-11-29-21/h5-9,11,13,17,22H,3-4,10,12H2,1-2H3,(H,24,25). The molecule has 1 fully saturated rings. The van der Waals surface area contributed by atoms with Crippen molar-refractivity contribution in [2.75, 3.05) is 23.4 Å². The number of benzene rings is 1. The minimum Gasteiger partial charge on any atom is -0.375 e. The first-order chi connectivity index (χ1) is 14.6. The SMILES string of the molecule is CCCCN(C)c1ccc(-c2[nH]ncc2CC2SC(=N)N(c3nccs3)C2=O)cc1. The molecule has 3 heterocycles. The summed E-state index contributed by atoms with van der Waals surface area (Å²) in [5, 5.41) is 17.7. The van der Waals surface area contributed by atoms with E-state index in [-0.39, 0.29) is 16.3 Å². The Morgan fingerprint density at radius 1 is 1.30 bits per heavy atom. The number of carbonyl (C=O) groups is 1. The van der Waals surface area contributed by atoms with Crippen molar-refractivity contribution >= 4 is 45.0 Å². The number of unbranched alkanes of at least 4 members (excludes halogenated alkanes) is 1. The van der Waals surface area contributed by atoms with Crippen molar-refractivity contribution in [3.05, 3.63) is 47.6 Å². The zero-order valence-electron chi connectivity index (χ0n) is 17.0. The Bertz CT molecular complexity index is 1010. The predicted molar refractivity (Wildman–Crippen MR) is 125 cm³/mol. The van der Waals surface area contributed by atoms with E-state index in [9.17, 15) is 4.79 Å². The number of thiazole rings is 1. The number of amidine groups is 1. The molecule has 156 valence electrons. The number of aromatic nitrogens is 3. The largest absolute Gasteiger partial charge is 0.375 e. The number of rotatable bonds is 8. The van der Waals surface area contributed by atoms with Crippen LogP contribution in [0.2, 0.25) is 0 Å². The molecule has 0 saturated carbocycles. The quantitative estimate of drug-likeness (QED) is 0.542. The summed E-state index contributed by atoms with van der Waals surface area (Å²) < 4.78 is 0. The summed E-state index contributed by atoms with van der Waals surface area (Å²) in [7, 11) is 2.11. The summed E-state index contributed by atoms with van der Waals surface area (Å²) >= 11 is 2.64. The maximum atomic E-state index is 12.9. The fraction of sp³-hybridized carbons (Fsp3) is 0.333. The Hall–Kier alpha value is -2.65. The van der Waals surface area contributed by atoms with Crippen molar-refractivity contribution in [2.45, 2.75) is 31.4 Å². The number of aromatic amines is 1. The average Bonchev–Trinajstić information content (AvgIpc) is 3.48. The first kappa shape index (κ1) is 20.6. The van der Waals surface area contributed by atoms with Gasteiger partial charge in [0.05, 0.1) is 17.1 Å². The summed E-state index contributed by atoms with van der Waals surface area (Å²) in [6.07, 6.45) is 6.28. The second-order valence-corrected chi connectivity index (χ2v) is 9.26. The van der Waals surface area contributed by atoms with Gasteiger partial charge in [-0.25, -0.2) is 9.88 Å². The van der Waals surface area contributed by atoms with Gasteiger partial charge in [-0.2, -0.15) is 5.10 Å². The van der Waals surface area contributed by atoms with Gasteiger partial charge in [0.1, 0.15) is 0 Å². The molecule has 0 bridgehead atoms. The molecule has 1 aliphatic rings. The van der Waals surface area contributed by atoms with Crippen molar-refractivity contribution < 1.29 is 4.79 Å². The van der Waals surface area contributed by atoms with Gasteiger partial charge < -0.3 is 4.90 Å². The van der Waals surface area contributed by atoms with E-state index in [1.807, 2.05) is 5.38 Å². The molecular weight excluding hydrogens is 416 g/mol. The lowest BCUT2D eigenvalue weighted by molar-refractivity contribution is -0.116. The number of thioether (sulfide) groups is 1. The molecule has 1 atom stereocenters. The average molecular weight is 441 g/mol. The van der Waals surface area contributed by atoms with Gasteiger partial charge in [0, 0.05) is 30.9 Å². The summed E-state index contributed by atoms with van der Waals surface area (Å²) in [6.45, 7) is 3.23. The Morgan fingerprint density at radius 2 is 2.10 bits per heavy atom. The van der Waals surface area contributed by atoms with Crippen LogP contribution in [0.5, 0.6) is 0 Å². The van der Waals surface area contributed by atoms with E-state index in [1.165, 1.54) is 46.5 Å². The summed E-state index contributed by atoms with van der Waals surface area (Å²) in [6, 6.07) is 8.40. The maximum Gasteiger partial charge on any atom is 0.248 e. The van der Waals surface area contributed by atoms with E-state index in [2.05, 4.69) is 58.3 Å². The van der Waals surface area contributed by atoms with E-state index in [0.717, 1.165) is 23.4 Å². The monoisotopic (exact) mass is 440 g/mol. The molecule has 0 aliphatic carbocycles. The molecule has 4 rings (SSSR count). The molecule has 7 nitrogen and oxygen atoms in total. The number of carbonyl (C=O) groups excluding carboxylic acids is 1. The van der Waals surface area contributed by atoms with Crippen molar-refractivity contribution in [1.82, 2.24) is 15.2 Å². The smallest absolute Gasteiger partial charge is 0.248 e. The summed E-state index contributed by atoms with van der Waals surface area (Å²) in [5.41, 5.74) is 4.12. The second kappa shape index (κ2) is 9.01. The normalized spacial score (nSPS) is 16.5. The lowest BCUT2D eigenvalue weighted by Gasteiger charge is -2.19. The minimum atomic E-state index is -0.350. The van der Waals surface area contributed by atoms with Crippen LogP contribution in [0.1, 0.15) is 25.3 Å². The van der Waals surface area contributed by atoms with Gasteiger partial charge in [-0.3, -0.25) is 15.3 Å². The summed E-state index contributed by atoms with van der Waals surface area (Å²) in [5.74, 6) is -0.0972. The Balaban J connectivity index is 1.49. The molecular formula is C21H24N6OS2. The van der Waals surface area contributed by atoms with Crippen LogP contribution in [0.3, 0.4) is 0 Å². The predicted octanol–water partition coefficient (Wildman–Crippen LogP) is 4.40. The minimum absolute atomic E-state index is 0.0972. The highest BCUT2D eigenvalue weighted by Crippen LogP contribution is 2.35. The molecule has 0 radical (unpaired) electrons. The van der Waals surface area contributed by atoms with Crippen LogP contribution in [-0.2, 0) is 11.2 Å². The number of amides is 1. The maximum absolute atomic E-state index is 12.9. The first-order valence-electron chi connectivity index (χ1n) is 9.91. The summed E-state index contributed by atoms with van der Waals surface area (Å²) in [4.78, 5) is 20.7. The van der Waals surface area contributed by atoms with Gasteiger partial charge in [0.2, 0.25) is 5.91 Å². The van der Waals surface area contributed by atoms with E-state index in [0.29, 0.717) is 11.6 Å². The van der Waals surface area contributed by atoms with Crippen LogP contribution in [-0.4, -0.2) is 45.1 Å².